The molecule has 0 spiro atoms. The zero-order chi connectivity index (χ0) is 11.1. The van der Waals surface area contributed by atoms with Crippen molar-refractivity contribution in [1.29, 1.82) is 0 Å². The highest BCUT2D eigenvalue weighted by atomic mass is 16.4. The monoisotopic (exact) mass is 210 g/mol. The molecule has 0 amide bonds. The summed E-state index contributed by atoms with van der Waals surface area (Å²) >= 11 is 0. The summed E-state index contributed by atoms with van der Waals surface area (Å²) in [6, 6.07) is 0. The number of rotatable bonds is 3. The van der Waals surface area contributed by atoms with Gasteiger partial charge in [0.15, 0.2) is 0 Å². The molecule has 0 saturated heterocycles. The van der Waals surface area contributed by atoms with Crippen molar-refractivity contribution in [2.75, 3.05) is 0 Å². The minimum Gasteiger partial charge on any atom is -0.481 e. The van der Waals surface area contributed by atoms with Crippen molar-refractivity contribution in [3.05, 3.63) is 0 Å². The Morgan fingerprint density at radius 1 is 1.40 bits per heavy atom. The van der Waals surface area contributed by atoms with Gasteiger partial charge in [-0.1, -0.05) is 20.3 Å². The molecule has 3 rings (SSSR count). The average molecular weight is 210 g/mol. The molecule has 0 heterocycles. The molecule has 2 heteroatoms. The molecule has 3 unspecified atom stereocenters. The van der Waals surface area contributed by atoms with Crippen LogP contribution in [-0.4, -0.2) is 11.1 Å². The first-order valence-corrected chi connectivity index (χ1v) is 6.21. The normalized spacial score (nSPS) is 37.9. The Morgan fingerprint density at radius 2 is 2.13 bits per heavy atom. The van der Waals surface area contributed by atoms with Gasteiger partial charge in [-0.15, -0.1) is 0 Å². The van der Waals surface area contributed by atoms with Crippen LogP contribution in [0.2, 0.25) is 0 Å². The van der Waals surface area contributed by atoms with Crippen LogP contribution in [0.4, 0.5) is 0 Å². The second-order valence-corrected chi connectivity index (χ2v) is 6.17. The van der Waals surface area contributed by atoms with Gasteiger partial charge in [0.1, 0.15) is 0 Å². The Labute approximate surface area is 92.1 Å². The average Bonchev–Trinajstić information content (AvgIpc) is 2.13. The van der Waals surface area contributed by atoms with E-state index in [9.17, 15) is 4.79 Å². The van der Waals surface area contributed by atoms with Crippen molar-refractivity contribution in [3.63, 3.8) is 0 Å². The number of hydrogen-bond acceptors (Lipinski definition) is 1. The van der Waals surface area contributed by atoms with Crippen LogP contribution in [0, 0.1) is 23.2 Å². The topological polar surface area (TPSA) is 37.3 Å². The van der Waals surface area contributed by atoms with Crippen LogP contribution in [0.5, 0.6) is 0 Å². The second kappa shape index (κ2) is 3.80. The summed E-state index contributed by atoms with van der Waals surface area (Å²) in [5, 5.41) is 8.74. The van der Waals surface area contributed by atoms with E-state index < -0.39 is 5.97 Å². The Hall–Kier alpha value is -0.530. The zero-order valence-electron chi connectivity index (χ0n) is 9.83. The van der Waals surface area contributed by atoms with Crippen LogP contribution >= 0.6 is 0 Å². The van der Waals surface area contributed by atoms with E-state index >= 15 is 0 Å². The minimum atomic E-state index is -0.630. The molecule has 3 aliphatic carbocycles. The van der Waals surface area contributed by atoms with Gasteiger partial charge in [0, 0.05) is 6.42 Å². The van der Waals surface area contributed by atoms with E-state index in [1.54, 1.807) is 0 Å². The molecule has 3 atom stereocenters. The SMILES string of the molecule is CC1(C)CC2CCC1C(CCC(=O)O)C2. The molecule has 2 nitrogen and oxygen atoms in total. The summed E-state index contributed by atoms with van der Waals surface area (Å²) in [7, 11) is 0. The van der Waals surface area contributed by atoms with Gasteiger partial charge in [-0.25, -0.2) is 0 Å². The summed E-state index contributed by atoms with van der Waals surface area (Å²) < 4.78 is 0. The van der Waals surface area contributed by atoms with Gasteiger partial charge in [0.2, 0.25) is 0 Å². The standard InChI is InChI=1S/C13H22O2/c1-13(2)8-9-3-5-11(13)10(7-9)4-6-12(14)15/h9-11H,3-8H2,1-2H3,(H,14,15). The number of fused-ring (bicyclic) bond motifs is 3. The maximum Gasteiger partial charge on any atom is 0.303 e. The summed E-state index contributed by atoms with van der Waals surface area (Å²) in [5.41, 5.74) is 0.463. The zero-order valence-corrected chi connectivity index (χ0v) is 9.83. The van der Waals surface area contributed by atoms with Crippen molar-refractivity contribution >= 4 is 5.97 Å². The summed E-state index contributed by atoms with van der Waals surface area (Å²) in [6.45, 7) is 4.74. The first-order valence-electron chi connectivity index (χ1n) is 6.21. The fourth-order valence-electron chi connectivity index (χ4n) is 4.10. The Balaban J connectivity index is 1.99. The highest BCUT2D eigenvalue weighted by molar-refractivity contribution is 5.66. The molecular formula is C13H22O2. The molecule has 3 aliphatic rings. The van der Waals surface area contributed by atoms with Crippen LogP contribution in [-0.2, 0) is 4.79 Å². The predicted octanol–water partition coefficient (Wildman–Crippen LogP) is 3.31. The highest BCUT2D eigenvalue weighted by Crippen LogP contribution is 2.55. The third kappa shape index (κ3) is 2.19. The van der Waals surface area contributed by atoms with E-state index in [4.69, 9.17) is 5.11 Å². The van der Waals surface area contributed by atoms with Gasteiger partial charge in [-0.3, -0.25) is 4.79 Å². The Kier molecular flexibility index (Phi) is 2.78. The lowest BCUT2D eigenvalue weighted by molar-refractivity contribution is -0.138. The third-order valence-corrected chi connectivity index (χ3v) is 4.64. The lowest BCUT2D eigenvalue weighted by Gasteiger charge is -2.53. The first-order chi connectivity index (χ1) is 6.99. The maximum atomic E-state index is 10.6. The van der Waals surface area contributed by atoms with E-state index in [1.165, 1.54) is 25.7 Å². The molecule has 3 fully saturated rings. The quantitative estimate of drug-likeness (QED) is 0.776. The molecule has 15 heavy (non-hydrogen) atoms. The van der Waals surface area contributed by atoms with Gasteiger partial charge in [0.05, 0.1) is 0 Å². The van der Waals surface area contributed by atoms with Crippen LogP contribution in [0.3, 0.4) is 0 Å². The van der Waals surface area contributed by atoms with Crippen molar-refractivity contribution in [3.8, 4) is 0 Å². The van der Waals surface area contributed by atoms with Gasteiger partial charge in [0.25, 0.3) is 0 Å². The molecule has 0 aliphatic heterocycles. The van der Waals surface area contributed by atoms with E-state index in [0.717, 1.165) is 18.3 Å². The molecule has 0 radical (unpaired) electrons. The van der Waals surface area contributed by atoms with E-state index in [1.807, 2.05) is 0 Å². The van der Waals surface area contributed by atoms with E-state index in [2.05, 4.69) is 13.8 Å². The maximum absolute atomic E-state index is 10.6. The highest BCUT2D eigenvalue weighted by Gasteiger charge is 2.46. The lowest BCUT2D eigenvalue weighted by atomic mass is 9.53. The first kappa shape index (κ1) is 11.0. The summed E-state index contributed by atoms with van der Waals surface area (Å²) in [6.07, 6.45) is 6.64. The van der Waals surface area contributed by atoms with E-state index in [-0.39, 0.29) is 0 Å². The second-order valence-electron chi connectivity index (χ2n) is 6.17. The summed E-state index contributed by atoms with van der Waals surface area (Å²) in [5.74, 6) is 1.71. The number of hydrogen-bond donors (Lipinski definition) is 1. The molecule has 2 bridgehead atoms. The van der Waals surface area contributed by atoms with Gasteiger partial charge in [-0.05, 0) is 48.9 Å². The van der Waals surface area contributed by atoms with Gasteiger partial charge in [-0.2, -0.15) is 0 Å². The molecule has 86 valence electrons. The van der Waals surface area contributed by atoms with Crippen LogP contribution < -0.4 is 0 Å². The number of carboxylic acid groups (broad SMARTS) is 1. The van der Waals surface area contributed by atoms with Crippen LogP contribution in [0.25, 0.3) is 0 Å². The van der Waals surface area contributed by atoms with Crippen LogP contribution in [0.15, 0.2) is 0 Å². The fourth-order valence-corrected chi connectivity index (χ4v) is 4.10. The number of aliphatic carboxylic acids is 1. The van der Waals surface area contributed by atoms with E-state index in [0.29, 0.717) is 17.8 Å². The minimum absolute atomic E-state index is 0.365. The fraction of sp³-hybridized carbons (Fsp3) is 0.923. The lowest BCUT2D eigenvalue weighted by Crippen LogP contribution is -2.43. The number of carboxylic acids is 1. The predicted molar refractivity (Wildman–Crippen MR) is 59.6 cm³/mol. The van der Waals surface area contributed by atoms with Crippen LogP contribution in [0.1, 0.15) is 52.4 Å². The number of carbonyl (C=O) groups is 1. The third-order valence-electron chi connectivity index (χ3n) is 4.64. The molecular weight excluding hydrogens is 188 g/mol. The van der Waals surface area contributed by atoms with Gasteiger partial charge < -0.3 is 5.11 Å². The van der Waals surface area contributed by atoms with Gasteiger partial charge >= 0.3 is 5.97 Å². The van der Waals surface area contributed by atoms with Crippen molar-refractivity contribution in [2.45, 2.75) is 52.4 Å². The largest absolute Gasteiger partial charge is 0.481 e. The molecule has 0 aromatic rings. The van der Waals surface area contributed by atoms with Crippen molar-refractivity contribution in [1.82, 2.24) is 0 Å². The molecule has 3 saturated carbocycles. The summed E-state index contributed by atoms with van der Waals surface area (Å²) in [4.78, 5) is 10.6. The van der Waals surface area contributed by atoms with Crippen molar-refractivity contribution < 1.29 is 9.90 Å². The Morgan fingerprint density at radius 3 is 2.67 bits per heavy atom. The smallest absolute Gasteiger partial charge is 0.303 e. The molecule has 0 aromatic carbocycles. The molecule has 0 aromatic heterocycles. The molecule has 1 N–H and O–H groups in total. The Bertz CT molecular complexity index is 257. The van der Waals surface area contributed by atoms with Crippen molar-refractivity contribution in [2.24, 2.45) is 23.2 Å².